The van der Waals surface area contributed by atoms with Gasteiger partial charge in [-0.05, 0) is 30.4 Å². The molecule has 0 amide bonds. The van der Waals surface area contributed by atoms with Crippen molar-refractivity contribution in [2.45, 2.75) is 18.9 Å². The first kappa shape index (κ1) is 9.27. The molecular weight excluding hydrogens is 180 g/mol. The van der Waals surface area contributed by atoms with Gasteiger partial charge in [-0.3, -0.25) is 0 Å². The Labute approximate surface area is 82.4 Å². The zero-order valence-electron chi connectivity index (χ0n) is 8.12. The van der Waals surface area contributed by atoms with Crippen molar-refractivity contribution in [3.8, 4) is 0 Å². The molecule has 1 aromatic heterocycles. The van der Waals surface area contributed by atoms with Gasteiger partial charge in [-0.15, -0.1) is 0 Å². The molecule has 0 radical (unpaired) electrons. The molecular formula is C10H14N2O2. The molecule has 0 spiro atoms. The normalized spacial score (nSPS) is 17.9. The Balaban J connectivity index is 2.12. The molecule has 1 heterocycles. The maximum Gasteiger partial charge on any atom is 0.354 e. The summed E-state index contributed by atoms with van der Waals surface area (Å²) in [4.78, 5) is 14.0. The number of esters is 1. The molecule has 0 unspecified atom stereocenters. The number of aromatic nitrogens is 1. The first-order valence-electron chi connectivity index (χ1n) is 4.74. The average molecular weight is 194 g/mol. The van der Waals surface area contributed by atoms with Gasteiger partial charge in [0.05, 0.1) is 7.11 Å². The topological polar surface area (TPSA) is 68.1 Å². The van der Waals surface area contributed by atoms with Gasteiger partial charge < -0.3 is 15.5 Å². The number of H-pyrrole nitrogens is 1. The second kappa shape index (κ2) is 3.46. The number of hydrogen-bond acceptors (Lipinski definition) is 3. The third-order valence-electron chi connectivity index (χ3n) is 2.63. The summed E-state index contributed by atoms with van der Waals surface area (Å²) in [5.41, 5.74) is 7.45. The zero-order chi connectivity index (χ0) is 10.1. The predicted molar refractivity (Wildman–Crippen MR) is 51.8 cm³/mol. The summed E-state index contributed by atoms with van der Waals surface area (Å²) in [6, 6.07) is 1.83. The molecule has 4 nitrogen and oxygen atoms in total. The Kier molecular flexibility index (Phi) is 2.29. The Bertz CT molecular complexity index is 342. The number of aromatic amines is 1. The predicted octanol–water partition coefficient (Wildman–Crippen LogP) is 1.21. The van der Waals surface area contributed by atoms with Crippen LogP contribution >= 0.6 is 0 Å². The van der Waals surface area contributed by atoms with Crippen LogP contribution < -0.4 is 5.73 Å². The number of nitrogens with two attached hydrogens (primary N) is 1. The third kappa shape index (κ3) is 1.65. The summed E-state index contributed by atoms with van der Waals surface area (Å²) in [5, 5.41) is 0. The molecule has 76 valence electrons. The highest BCUT2D eigenvalue weighted by molar-refractivity contribution is 5.87. The smallest absolute Gasteiger partial charge is 0.354 e. The maximum absolute atomic E-state index is 11.1. The lowest BCUT2D eigenvalue weighted by Crippen LogP contribution is -2.11. The van der Waals surface area contributed by atoms with E-state index in [9.17, 15) is 4.79 Å². The summed E-state index contributed by atoms with van der Waals surface area (Å²) in [6.07, 6.45) is 4.18. The monoisotopic (exact) mass is 194 g/mol. The minimum absolute atomic E-state index is 0.0599. The minimum Gasteiger partial charge on any atom is -0.464 e. The molecule has 0 aromatic carbocycles. The highest BCUT2D eigenvalue weighted by Gasteiger charge is 2.30. The van der Waals surface area contributed by atoms with Gasteiger partial charge >= 0.3 is 5.97 Å². The van der Waals surface area contributed by atoms with Crippen LogP contribution in [0.5, 0.6) is 0 Å². The number of nitrogens with one attached hydrogen (secondary N) is 1. The molecule has 4 heteroatoms. The van der Waals surface area contributed by atoms with Crippen LogP contribution in [0.25, 0.3) is 0 Å². The molecule has 1 fully saturated rings. The van der Waals surface area contributed by atoms with E-state index < -0.39 is 0 Å². The van der Waals surface area contributed by atoms with Gasteiger partial charge in [0.25, 0.3) is 0 Å². The van der Waals surface area contributed by atoms with Crippen LogP contribution in [0.3, 0.4) is 0 Å². The summed E-state index contributed by atoms with van der Waals surface area (Å²) >= 11 is 0. The van der Waals surface area contributed by atoms with Gasteiger partial charge in [-0.2, -0.15) is 0 Å². The second-order valence-electron chi connectivity index (χ2n) is 3.70. The van der Waals surface area contributed by atoms with E-state index in [-0.39, 0.29) is 12.0 Å². The number of ether oxygens (including phenoxy) is 1. The molecule has 1 atom stereocenters. The summed E-state index contributed by atoms with van der Waals surface area (Å²) in [7, 11) is 1.36. The summed E-state index contributed by atoms with van der Waals surface area (Å²) in [6.45, 7) is 0. The van der Waals surface area contributed by atoms with Gasteiger partial charge in [0.2, 0.25) is 0 Å². The van der Waals surface area contributed by atoms with Crippen molar-refractivity contribution in [2.24, 2.45) is 11.7 Å². The van der Waals surface area contributed by atoms with Crippen molar-refractivity contribution in [3.63, 3.8) is 0 Å². The number of rotatable bonds is 3. The van der Waals surface area contributed by atoms with E-state index in [1.54, 1.807) is 12.3 Å². The molecule has 0 saturated heterocycles. The molecule has 1 aliphatic rings. The lowest BCUT2D eigenvalue weighted by molar-refractivity contribution is 0.0595. The zero-order valence-corrected chi connectivity index (χ0v) is 8.12. The van der Waals surface area contributed by atoms with E-state index >= 15 is 0 Å². The summed E-state index contributed by atoms with van der Waals surface area (Å²) < 4.78 is 4.59. The molecule has 2 rings (SSSR count). The molecule has 1 aromatic rings. The summed E-state index contributed by atoms with van der Waals surface area (Å²) in [5.74, 6) is 0.246. The van der Waals surface area contributed by atoms with Crippen LogP contribution in [-0.2, 0) is 4.74 Å². The number of carbonyl (C=O) groups is 1. The van der Waals surface area contributed by atoms with E-state index in [0.717, 1.165) is 5.56 Å². The average Bonchev–Trinajstić information content (AvgIpc) is 2.93. The molecule has 3 N–H and O–H groups in total. The third-order valence-corrected chi connectivity index (χ3v) is 2.63. The van der Waals surface area contributed by atoms with Crippen molar-refractivity contribution in [1.29, 1.82) is 0 Å². The first-order valence-corrected chi connectivity index (χ1v) is 4.74. The fourth-order valence-corrected chi connectivity index (χ4v) is 1.56. The van der Waals surface area contributed by atoms with Crippen LogP contribution in [0.2, 0.25) is 0 Å². The van der Waals surface area contributed by atoms with Crippen molar-refractivity contribution < 1.29 is 9.53 Å². The highest BCUT2D eigenvalue weighted by Crippen LogP contribution is 2.39. The maximum atomic E-state index is 11.1. The number of methoxy groups -OCH3 is 1. The van der Waals surface area contributed by atoms with Crippen LogP contribution in [0, 0.1) is 5.92 Å². The SMILES string of the molecule is COC(=O)c1cc([C@H](N)C2CC2)c[nH]1. The Hall–Kier alpha value is -1.29. The Morgan fingerprint density at radius 1 is 1.71 bits per heavy atom. The van der Waals surface area contributed by atoms with E-state index in [4.69, 9.17) is 5.73 Å². The lowest BCUT2D eigenvalue weighted by Gasteiger charge is -2.05. The molecule has 0 bridgehead atoms. The molecule has 1 saturated carbocycles. The Morgan fingerprint density at radius 2 is 2.43 bits per heavy atom. The van der Waals surface area contributed by atoms with Gasteiger partial charge in [0, 0.05) is 12.2 Å². The quantitative estimate of drug-likeness (QED) is 0.711. The fraction of sp³-hybridized carbons (Fsp3) is 0.500. The molecule has 14 heavy (non-hydrogen) atoms. The van der Waals surface area contributed by atoms with Crippen molar-refractivity contribution in [3.05, 3.63) is 23.5 Å². The highest BCUT2D eigenvalue weighted by atomic mass is 16.5. The largest absolute Gasteiger partial charge is 0.464 e. The standard InChI is InChI=1S/C10H14N2O2/c1-14-10(13)8-4-7(5-12-8)9(11)6-2-3-6/h4-6,9,12H,2-3,11H2,1H3/t9-/m1/s1. The Morgan fingerprint density at radius 3 is 3.00 bits per heavy atom. The van der Waals surface area contributed by atoms with E-state index in [2.05, 4.69) is 9.72 Å². The minimum atomic E-state index is -0.348. The van der Waals surface area contributed by atoms with E-state index in [1.165, 1.54) is 20.0 Å². The van der Waals surface area contributed by atoms with Crippen molar-refractivity contribution >= 4 is 5.97 Å². The molecule has 0 aliphatic heterocycles. The van der Waals surface area contributed by atoms with Crippen LogP contribution in [0.1, 0.15) is 34.9 Å². The second-order valence-corrected chi connectivity index (χ2v) is 3.70. The van der Waals surface area contributed by atoms with Gasteiger partial charge in [0.1, 0.15) is 5.69 Å². The number of carbonyl (C=O) groups excluding carboxylic acids is 1. The molecule has 1 aliphatic carbocycles. The van der Waals surface area contributed by atoms with Crippen LogP contribution in [-0.4, -0.2) is 18.1 Å². The van der Waals surface area contributed by atoms with Gasteiger partial charge in [0.15, 0.2) is 0 Å². The van der Waals surface area contributed by atoms with Crippen molar-refractivity contribution in [2.75, 3.05) is 7.11 Å². The first-order chi connectivity index (χ1) is 6.72. The van der Waals surface area contributed by atoms with Crippen molar-refractivity contribution in [1.82, 2.24) is 4.98 Å². The van der Waals surface area contributed by atoms with E-state index in [0.29, 0.717) is 11.6 Å². The lowest BCUT2D eigenvalue weighted by atomic mass is 10.1. The number of hydrogen-bond donors (Lipinski definition) is 2. The van der Waals surface area contributed by atoms with Crippen LogP contribution in [0.4, 0.5) is 0 Å². The van der Waals surface area contributed by atoms with Gasteiger partial charge in [-0.25, -0.2) is 4.79 Å². The van der Waals surface area contributed by atoms with Gasteiger partial charge in [-0.1, -0.05) is 0 Å². The van der Waals surface area contributed by atoms with Crippen LogP contribution in [0.15, 0.2) is 12.3 Å². The fourth-order valence-electron chi connectivity index (χ4n) is 1.56. The van der Waals surface area contributed by atoms with E-state index in [1.807, 2.05) is 0 Å².